The molecule has 0 aromatic heterocycles. The summed E-state index contributed by atoms with van der Waals surface area (Å²) in [5, 5.41) is 3.39. The summed E-state index contributed by atoms with van der Waals surface area (Å²) in [6.07, 6.45) is 0. The summed E-state index contributed by atoms with van der Waals surface area (Å²) in [5.74, 6) is -0.202. The zero-order valence-electron chi connectivity index (χ0n) is 11.5. The fraction of sp³-hybridized carbons (Fsp3) is 0.125. The van der Waals surface area contributed by atoms with Crippen LogP contribution in [0.25, 0.3) is 0 Å². The monoisotopic (exact) mass is 362 g/mol. The van der Waals surface area contributed by atoms with Crippen molar-refractivity contribution in [2.45, 2.75) is 13.8 Å². The van der Waals surface area contributed by atoms with Gasteiger partial charge in [-0.15, -0.1) is 0 Å². The molecule has 0 unspecified atom stereocenters. The van der Waals surface area contributed by atoms with E-state index in [1.807, 2.05) is 26.0 Å². The number of halogens is 2. The smallest absolute Gasteiger partial charge is 0.275 e. The standard InChI is InChI=1S/C16H12BrClN2O/c1-8-9(2)13(6-4-12(8)17)19-15-11-7-10(18)3-5-14(11)20-16(15)21/h3-7H,1-2H3,(H,19,20,21). The van der Waals surface area contributed by atoms with Crippen LogP contribution in [0.1, 0.15) is 16.7 Å². The maximum atomic E-state index is 12.1. The third-order valence-electron chi connectivity index (χ3n) is 3.62. The van der Waals surface area contributed by atoms with Crippen LogP contribution in [0.15, 0.2) is 39.8 Å². The number of hydrogen-bond acceptors (Lipinski definition) is 2. The van der Waals surface area contributed by atoms with Gasteiger partial charge in [0.2, 0.25) is 0 Å². The Bertz CT molecular complexity index is 799. The molecule has 0 spiro atoms. The number of carbonyl (C=O) groups is 1. The van der Waals surface area contributed by atoms with Gasteiger partial charge >= 0.3 is 0 Å². The third-order valence-corrected chi connectivity index (χ3v) is 4.72. The first kappa shape index (κ1) is 14.3. The van der Waals surface area contributed by atoms with Gasteiger partial charge in [-0.25, -0.2) is 4.99 Å². The first-order valence-electron chi connectivity index (χ1n) is 6.43. The Labute approximate surface area is 136 Å². The molecule has 1 amide bonds. The van der Waals surface area contributed by atoms with Crippen LogP contribution in [0, 0.1) is 13.8 Å². The average molecular weight is 364 g/mol. The number of anilines is 1. The fourth-order valence-electron chi connectivity index (χ4n) is 2.25. The van der Waals surface area contributed by atoms with Crippen LogP contribution < -0.4 is 5.32 Å². The number of aliphatic imine (C=N–C) groups is 1. The van der Waals surface area contributed by atoms with E-state index in [4.69, 9.17) is 11.6 Å². The van der Waals surface area contributed by atoms with Gasteiger partial charge in [0.25, 0.3) is 5.91 Å². The maximum Gasteiger partial charge on any atom is 0.275 e. The molecule has 1 aliphatic heterocycles. The highest BCUT2D eigenvalue weighted by Crippen LogP contribution is 2.31. The molecule has 1 heterocycles. The molecule has 2 aromatic carbocycles. The van der Waals surface area contributed by atoms with Gasteiger partial charge in [-0.3, -0.25) is 4.79 Å². The third kappa shape index (κ3) is 2.49. The number of nitrogens with one attached hydrogen (secondary N) is 1. The highest BCUT2D eigenvalue weighted by atomic mass is 79.9. The highest BCUT2D eigenvalue weighted by molar-refractivity contribution is 9.10. The summed E-state index contributed by atoms with van der Waals surface area (Å²) in [4.78, 5) is 16.7. The molecule has 1 aliphatic rings. The summed E-state index contributed by atoms with van der Waals surface area (Å²) in [6, 6.07) is 9.13. The van der Waals surface area contributed by atoms with Gasteiger partial charge in [0.15, 0.2) is 0 Å². The van der Waals surface area contributed by atoms with E-state index in [0.29, 0.717) is 10.7 Å². The SMILES string of the molecule is Cc1c(Br)ccc(N=C2C(=O)Nc3ccc(Cl)cc32)c1C. The molecule has 106 valence electrons. The quantitative estimate of drug-likeness (QED) is 0.777. The summed E-state index contributed by atoms with van der Waals surface area (Å²) in [5.41, 5.74) is 4.83. The van der Waals surface area contributed by atoms with Crippen molar-refractivity contribution >= 4 is 50.5 Å². The van der Waals surface area contributed by atoms with Crippen molar-refractivity contribution in [3.05, 3.63) is 56.5 Å². The van der Waals surface area contributed by atoms with Crippen LogP contribution in [0.3, 0.4) is 0 Å². The van der Waals surface area contributed by atoms with Crippen molar-refractivity contribution in [1.29, 1.82) is 0 Å². The van der Waals surface area contributed by atoms with Crippen molar-refractivity contribution in [3.8, 4) is 0 Å². The van der Waals surface area contributed by atoms with Gasteiger partial charge in [0, 0.05) is 15.1 Å². The Balaban J connectivity index is 2.15. The molecule has 0 bridgehead atoms. The molecule has 0 aliphatic carbocycles. The number of amides is 1. The minimum atomic E-state index is -0.202. The van der Waals surface area contributed by atoms with E-state index >= 15 is 0 Å². The van der Waals surface area contributed by atoms with Crippen LogP contribution in [-0.2, 0) is 4.79 Å². The van der Waals surface area contributed by atoms with Crippen molar-refractivity contribution in [2.24, 2.45) is 4.99 Å². The van der Waals surface area contributed by atoms with Crippen molar-refractivity contribution < 1.29 is 4.79 Å². The van der Waals surface area contributed by atoms with E-state index in [9.17, 15) is 4.79 Å². The van der Waals surface area contributed by atoms with Gasteiger partial charge < -0.3 is 5.32 Å². The van der Waals surface area contributed by atoms with Gasteiger partial charge in [-0.1, -0.05) is 27.5 Å². The molecule has 1 N–H and O–H groups in total. The Morgan fingerprint density at radius 3 is 2.67 bits per heavy atom. The Morgan fingerprint density at radius 1 is 1.14 bits per heavy atom. The second kappa shape index (κ2) is 5.28. The van der Waals surface area contributed by atoms with E-state index in [2.05, 4.69) is 26.2 Å². The molecule has 21 heavy (non-hydrogen) atoms. The number of carbonyl (C=O) groups excluding carboxylic acids is 1. The normalized spacial score (nSPS) is 15.2. The summed E-state index contributed by atoms with van der Waals surface area (Å²) in [7, 11) is 0. The zero-order valence-corrected chi connectivity index (χ0v) is 13.8. The largest absolute Gasteiger partial charge is 0.320 e. The summed E-state index contributed by atoms with van der Waals surface area (Å²) in [6.45, 7) is 4.01. The van der Waals surface area contributed by atoms with Crippen LogP contribution >= 0.6 is 27.5 Å². The van der Waals surface area contributed by atoms with Gasteiger partial charge in [-0.2, -0.15) is 0 Å². The van der Waals surface area contributed by atoms with Gasteiger partial charge in [0.1, 0.15) is 5.71 Å². The lowest BCUT2D eigenvalue weighted by Crippen LogP contribution is -2.14. The van der Waals surface area contributed by atoms with E-state index in [0.717, 1.165) is 32.5 Å². The Morgan fingerprint density at radius 2 is 1.90 bits per heavy atom. The van der Waals surface area contributed by atoms with Gasteiger partial charge in [-0.05, 0) is 55.3 Å². The number of nitrogens with zero attached hydrogens (tertiary/aromatic N) is 1. The lowest BCUT2D eigenvalue weighted by Gasteiger charge is -2.07. The number of benzene rings is 2. The number of fused-ring (bicyclic) bond motifs is 1. The van der Waals surface area contributed by atoms with E-state index in [-0.39, 0.29) is 5.91 Å². The molecule has 0 fully saturated rings. The van der Waals surface area contributed by atoms with Crippen LogP contribution in [-0.4, -0.2) is 11.6 Å². The predicted molar refractivity (Wildman–Crippen MR) is 89.9 cm³/mol. The molecule has 2 aromatic rings. The van der Waals surface area contributed by atoms with Crippen LogP contribution in [0.5, 0.6) is 0 Å². The molecule has 0 radical (unpaired) electrons. The molecular formula is C16H12BrClN2O. The second-order valence-electron chi connectivity index (χ2n) is 4.92. The van der Waals surface area contributed by atoms with Gasteiger partial charge in [0.05, 0.1) is 11.4 Å². The fourth-order valence-corrected chi connectivity index (χ4v) is 2.85. The molecule has 3 nitrogen and oxygen atoms in total. The Kier molecular flexibility index (Phi) is 3.59. The Hall–Kier alpha value is -1.65. The molecular weight excluding hydrogens is 352 g/mol. The minimum Gasteiger partial charge on any atom is -0.320 e. The number of rotatable bonds is 1. The molecule has 0 saturated heterocycles. The van der Waals surface area contributed by atoms with E-state index in [1.54, 1.807) is 18.2 Å². The van der Waals surface area contributed by atoms with E-state index in [1.165, 1.54) is 0 Å². The van der Waals surface area contributed by atoms with Crippen molar-refractivity contribution in [2.75, 3.05) is 5.32 Å². The minimum absolute atomic E-state index is 0.202. The number of hydrogen-bond donors (Lipinski definition) is 1. The topological polar surface area (TPSA) is 41.5 Å². The predicted octanol–water partition coefficient (Wildman–Crippen LogP) is 4.79. The molecule has 5 heteroatoms. The first-order valence-corrected chi connectivity index (χ1v) is 7.60. The summed E-state index contributed by atoms with van der Waals surface area (Å²) >= 11 is 9.51. The van der Waals surface area contributed by atoms with Crippen LogP contribution in [0.2, 0.25) is 5.02 Å². The van der Waals surface area contributed by atoms with Crippen LogP contribution in [0.4, 0.5) is 11.4 Å². The zero-order chi connectivity index (χ0) is 15.1. The lowest BCUT2D eigenvalue weighted by atomic mass is 10.1. The lowest BCUT2D eigenvalue weighted by molar-refractivity contribution is -0.110. The first-order chi connectivity index (χ1) is 9.97. The second-order valence-corrected chi connectivity index (χ2v) is 6.21. The highest BCUT2D eigenvalue weighted by Gasteiger charge is 2.26. The van der Waals surface area contributed by atoms with E-state index < -0.39 is 0 Å². The molecule has 3 rings (SSSR count). The molecule has 0 atom stereocenters. The van der Waals surface area contributed by atoms with Crippen molar-refractivity contribution in [3.63, 3.8) is 0 Å². The average Bonchev–Trinajstić information content (AvgIpc) is 2.75. The maximum absolute atomic E-state index is 12.1. The summed E-state index contributed by atoms with van der Waals surface area (Å²) < 4.78 is 1.03. The molecule has 0 saturated carbocycles. The van der Waals surface area contributed by atoms with Crippen molar-refractivity contribution in [1.82, 2.24) is 0 Å².